The van der Waals surface area contributed by atoms with E-state index in [0.717, 1.165) is 5.56 Å². The summed E-state index contributed by atoms with van der Waals surface area (Å²) in [6.07, 6.45) is 6.61. The van der Waals surface area contributed by atoms with Crippen LogP contribution in [0.3, 0.4) is 0 Å². The van der Waals surface area contributed by atoms with E-state index in [-0.39, 0.29) is 5.78 Å². The third kappa shape index (κ3) is 3.11. The second-order valence-corrected chi connectivity index (χ2v) is 3.85. The maximum atomic E-state index is 11.8. The third-order valence-electron chi connectivity index (χ3n) is 2.45. The fourth-order valence-electron chi connectivity index (χ4n) is 1.45. The molecule has 0 unspecified atom stereocenters. The zero-order valence-electron chi connectivity index (χ0n) is 9.63. The zero-order chi connectivity index (χ0) is 12.1. The van der Waals surface area contributed by atoms with Gasteiger partial charge in [0.05, 0.1) is 0 Å². The van der Waals surface area contributed by atoms with E-state index in [9.17, 15) is 4.79 Å². The van der Waals surface area contributed by atoms with Crippen LogP contribution in [0, 0.1) is 6.92 Å². The van der Waals surface area contributed by atoms with Gasteiger partial charge in [-0.2, -0.15) is 0 Å². The number of ketones is 1. The van der Waals surface area contributed by atoms with Crippen LogP contribution in [0.5, 0.6) is 0 Å². The average molecular weight is 223 g/mol. The lowest BCUT2D eigenvalue weighted by Gasteiger charge is -1.95. The van der Waals surface area contributed by atoms with E-state index in [0.29, 0.717) is 5.56 Å². The van der Waals surface area contributed by atoms with E-state index < -0.39 is 0 Å². The summed E-state index contributed by atoms with van der Waals surface area (Å²) in [5.41, 5.74) is 2.84. The van der Waals surface area contributed by atoms with Gasteiger partial charge in [-0.25, -0.2) is 0 Å². The standard InChI is InChI=1S/C15H13NO/c1-12-4-6-13(7-5-12)8-9-15(17)14-3-2-10-16-11-14/h2-11H,1H3/b9-8+. The smallest absolute Gasteiger partial charge is 0.187 e. The largest absolute Gasteiger partial charge is 0.289 e. The first kappa shape index (κ1) is 11.3. The minimum absolute atomic E-state index is 0.0290. The van der Waals surface area contributed by atoms with Crippen LogP contribution in [0.15, 0.2) is 54.9 Å². The Labute approximate surface area is 101 Å². The number of allylic oxidation sites excluding steroid dienone is 1. The van der Waals surface area contributed by atoms with Crippen LogP contribution in [0.25, 0.3) is 6.08 Å². The molecule has 2 heteroatoms. The highest BCUT2D eigenvalue weighted by atomic mass is 16.1. The van der Waals surface area contributed by atoms with Crippen molar-refractivity contribution in [3.63, 3.8) is 0 Å². The Morgan fingerprint density at radius 1 is 1.18 bits per heavy atom. The molecular formula is C15H13NO. The van der Waals surface area contributed by atoms with E-state index in [1.165, 1.54) is 5.56 Å². The molecule has 2 aromatic rings. The Morgan fingerprint density at radius 2 is 1.94 bits per heavy atom. The van der Waals surface area contributed by atoms with Crippen molar-refractivity contribution < 1.29 is 4.79 Å². The lowest BCUT2D eigenvalue weighted by Crippen LogP contribution is -1.93. The fourth-order valence-corrected chi connectivity index (χ4v) is 1.45. The Kier molecular flexibility index (Phi) is 3.46. The predicted octanol–water partition coefficient (Wildman–Crippen LogP) is 3.29. The van der Waals surface area contributed by atoms with Gasteiger partial charge in [0.1, 0.15) is 0 Å². The van der Waals surface area contributed by atoms with Gasteiger partial charge in [-0.15, -0.1) is 0 Å². The van der Waals surface area contributed by atoms with E-state index in [1.54, 1.807) is 30.6 Å². The van der Waals surface area contributed by atoms with Gasteiger partial charge in [0.25, 0.3) is 0 Å². The maximum absolute atomic E-state index is 11.8. The molecular weight excluding hydrogens is 210 g/mol. The molecule has 0 aliphatic heterocycles. The second-order valence-electron chi connectivity index (χ2n) is 3.85. The highest BCUT2D eigenvalue weighted by molar-refractivity contribution is 6.06. The SMILES string of the molecule is Cc1ccc(/C=C/C(=O)c2cccnc2)cc1. The van der Waals surface area contributed by atoms with Crippen molar-refractivity contribution >= 4 is 11.9 Å². The van der Waals surface area contributed by atoms with Crippen LogP contribution in [-0.4, -0.2) is 10.8 Å². The zero-order valence-corrected chi connectivity index (χ0v) is 9.63. The molecule has 84 valence electrons. The molecule has 17 heavy (non-hydrogen) atoms. The van der Waals surface area contributed by atoms with Gasteiger partial charge < -0.3 is 0 Å². The number of aryl methyl sites for hydroxylation is 1. The Hall–Kier alpha value is -2.22. The molecule has 0 spiro atoms. The monoisotopic (exact) mass is 223 g/mol. The first-order valence-electron chi connectivity index (χ1n) is 5.45. The van der Waals surface area contributed by atoms with Crippen molar-refractivity contribution in [2.45, 2.75) is 6.92 Å². The van der Waals surface area contributed by atoms with Gasteiger partial charge in [0.2, 0.25) is 0 Å². The van der Waals surface area contributed by atoms with Gasteiger partial charge in [-0.1, -0.05) is 35.9 Å². The number of benzene rings is 1. The summed E-state index contributed by atoms with van der Waals surface area (Å²) in [6, 6.07) is 11.5. The van der Waals surface area contributed by atoms with Crippen LogP contribution >= 0.6 is 0 Å². The molecule has 0 saturated carbocycles. The maximum Gasteiger partial charge on any atom is 0.187 e. The van der Waals surface area contributed by atoms with Crippen LogP contribution in [0.4, 0.5) is 0 Å². The molecule has 1 aromatic carbocycles. The van der Waals surface area contributed by atoms with Crippen LogP contribution in [0.2, 0.25) is 0 Å². The van der Waals surface area contributed by atoms with Crippen LogP contribution in [-0.2, 0) is 0 Å². The third-order valence-corrected chi connectivity index (χ3v) is 2.45. The summed E-state index contributed by atoms with van der Waals surface area (Å²) in [5.74, 6) is -0.0290. The normalized spacial score (nSPS) is 10.6. The van der Waals surface area contributed by atoms with Crippen LogP contribution in [0.1, 0.15) is 21.5 Å². The number of carbonyl (C=O) groups excluding carboxylic acids is 1. The molecule has 0 aliphatic rings. The van der Waals surface area contributed by atoms with E-state index in [1.807, 2.05) is 37.3 Å². The minimum atomic E-state index is -0.0290. The van der Waals surface area contributed by atoms with E-state index in [4.69, 9.17) is 0 Å². The van der Waals surface area contributed by atoms with Gasteiger partial charge in [-0.3, -0.25) is 9.78 Å². The van der Waals surface area contributed by atoms with E-state index >= 15 is 0 Å². The number of rotatable bonds is 3. The highest BCUT2D eigenvalue weighted by Gasteiger charge is 1.99. The molecule has 0 bridgehead atoms. The van der Waals surface area contributed by atoms with Crippen molar-refractivity contribution in [1.82, 2.24) is 4.98 Å². The number of nitrogens with zero attached hydrogens (tertiary/aromatic N) is 1. The van der Waals surface area contributed by atoms with Crippen molar-refractivity contribution in [3.05, 3.63) is 71.6 Å². The number of pyridine rings is 1. The lowest BCUT2D eigenvalue weighted by atomic mass is 10.1. The molecule has 0 saturated heterocycles. The second kappa shape index (κ2) is 5.21. The Balaban J connectivity index is 2.11. The molecule has 0 aliphatic carbocycles. The van der Waals surface area contributed by atoms with Gasteiger partial charge in [0, 0.05) is 18.0 Å². The molecule has 0 radical (unpaired) electrons. The summed E-state index contributed by atoms with van der Waals surface area (Å²) >= 11 is 0. The number of carbonyl (C=O) groups is 1. The Morgan fingerprint density at radius 3 is 2.59 bits per heavy atom. The van der Waals surface area contributed by atoms with Crippen molar-refractivity contribution in [2.75, 3.05) is 0 Å². The topological polar surface area (TPSA) is 30.0 Å². The summed E-state index contributed by atoms with van der Waals surface area (Å²) in [5, 5.41) is 0. The number of hydrogen-bond acceptors (Lipinski definition) is 2. The summed E-state index contributed by atoms with van der Waals surface area (Å²) < 4.78 is 0. The first-order valence-corrected chi connectivity index (χ1v) is 5.45. The van der Waals surface area contributed by atoms with Crippen LogP contribution < -0.4 is 0 Å². The Bertz CT molecular complexity index is 527. The fraction of sp³-hybridized carbons (Fsp3) is 0.0667. The number of hydrogen-bond donors (Lipinski definition) is 0. The van der Waals surface area contributed by atoms with Crippen molar-refractivity contribution in [2.24, 2.45) is 0 Å². The molecule has 2 rings (SSSR count). The predicted molar refractivity (Wildman–Crippen MR) is 68.8 cm³/mol. The van der Waals surface area contributed by atoms with E-state index in [2.05, 4.69) is 4.98 Å². The molecule has 0 atom stereocenters. The summed E-state index contributed by atoms with van der Waals surface area (Å²) in [6.45, 7) is 2.04. The molecule has 0 fully saturated rings. The number of aromatic nitrogens is 1. The highest BCUT2D eigenvalue weighted by Crippen LogP contribution is 2.06. The van der Waals surface area contributed by atoms with Crippen molar-refractivity contribution in [3.8, 4) is 0 Å². The minimum Gasteiger partial charge on any atom is -0.289 e. The summed E-state index contributed by atoms with van der Waals surface area (Å²) in [7, 11) is 0. The molecule has 0 amide bonds. The lowest BCUT2D eigenvalue weighted by molar-refractivity contribution is 0.104. The van der Waals surface area contributed by atoms with Crippen molar-refractivity contribution in [1.29, 1.82) is 0 Å². The first-order chi connectivity index (χ1) is 8.25. The molecule has 2 nitrogen and oxygen atoms in total. The quantitative estimate of drug-likeness (QED) is 0.590. The summed E-state index contributed by atoms with van der Waals surface area (Å²) in [4.78, 5) is 15.7. The molecule has 0 N–H and O–H groups in total. The van der Waals surface area contributed by atoms with Gasteiger partial charge in [0.15, 0.2) is 5.78 Å². The van der Waals surface area contributed by atoms with Gasteiger partial charge in [-0.05, 0) is 30.7 Å². The average Bonchev–Trinajstić information content (AvgIpc) is 2.39. The molecule has 1 aromatic heterocycles. The van der Waals surface area contributed by atoms with Gasteiger partial charge >= 0.3 is 0 Å². The molecule has 1 heterocycles.